The van der Waals surface area contributed by atoms with Gasteiger partial charge < -0.3 is 10.2 Å². The number of anilines is 2. The van der Waals surface area contributed by atoms with Crippen LogP contribution in [-0.4, -0.2) is 38.6 Å². The number of hydrogen-bond donors (Lipinski definition) is 1. The Morgan fingerprint density at radius 3 is 3.00 bits per heavy atom. The molecular formula is C14H16F2N6O. The van der Waals surface area contributed by atoms with Gasteiger partial charge in [-0.05, 0) is 6.08 Å². The van der Waals surface area contributed by atoms with Crippen LogP contribution >= 0.6 is 0 Å². The number of carbonyl (C=O) groups is 1. The molecule has 1 aliphatic heterocycles. The maximum absolute atomic E-state index is 12.7. The summed E-state index contributed by atoms with van der Waals surface area (Å²) < 4.78 is 27.8. The minimum Gasteiger partial charge on any atom is -0.352 e. The molecule has 0 bridgehead atoms. The second-order valence-corrected chi connectivity index (χ2v) is 5.25. The van der Waals surface area contributed by atoms with Crippen molar-refractivity contribution < 1.29 is 13.6 Å². The molecule has 3 rings (SSSR count). The molecule has 0 spiro atoms. The Hall–Kier alpha value is -2.71. The van der Waals surface area contributed by atoms with Gasteiger partial charge in [0.1, 0.15) is 5.82 Å². The van der Waals surface area contributed by atoms with Gasteiger partial charge in [0.25, 0.3) is 0 Å². The third-order valence-electron chi connectivity index (χ3n) is 3.69. The standard InChI is InChI=1S/C14H16F2N6O/c1-2-12(23)17-5-10-7-20(13-3-4-18-21(13)8-10)11-6-19-22(9-11)14(15)16/h2-4,6,9-10,14H,1,5,7-8H2,(H,17,23). The quantitative estimate of drug-likeness (QED) is 0.848. The molecule has 1 amide bonds. The fraction of sp³-hybridized carbons (Fsp3) is 0.357. The zero-order valence-corrected chi connectivity index (χ0v) is 12.3. The van der Waals surface area contributed by atoms with Crippen LogP contribution in [0.15, 0.2) is 37.3 Å². The van der Waals surface area contributed by atoms with Crippen LogP contribution in [0.1, 0.15) is 6.55 Å². The molecule has 1 unspecified atom stereocenters. The van der Waals surface area contributed by atoms with E-state index in [9.17, 15) is 13.6 Å². The van der Waals surface area contributed by atoms with Gasteiger partial charge in [0.05, 0.1) is 24.3 Å². The number of fused-ring (bicyclic) bond motifs is 1. The van der Waals surface area contributed by atoms with Gasteiger partial charge >= 0.3 is 6.55 Å². The van der Waals surface area contributed by atoms with E-state index in [1.807, 2.05) is 11.0 Å². The second-order valence-electron chi connectivity index (χ2n) is 5.25. The topological polar surface area (TPSA) is 68.0 Å². The lowest BCUT2D eigenvalue weighted by Gasteiger charge is -2.33. The van der Waals surface area contributed by atoms with Gasteiger partial charge in [-0.3, -0.25) is 4.79 Å². The first-order valence-corrected chi connectivity index (χ1v) is 7.10. The van der Waals surface area contributed by atoms with E-state index in [0.29, 0.717) is 30.0 Å². The second kappa shape index (κ2) is 6.19. The van der Waals surface area contributed by atoms with Crippen LogP contribution in [0.4, 0.5) is 20.3 Å². The molecule has 3 heterocycles. The van der Waals surface area contributed by atoms with E-state index in [-0.39, 0.29) is 11.8 Å². The predicted octanol–water partition coefficient (Wildman–Crippen LogP) is 1.54. The molecule has 0 radical (unpaired) electrons. The summed E-state index contributed by atoms with van der Waals surface area (Å²) in [5, 5.41) is 10.7. The Balaban J connectivity index is 1.81. The van der Waals surface area contributed by atoms with Crippen LogP contribution in [0.25, 0.3) is 0 Å². The Labute approximate surface area is 131 Å². The van der Waals surface area contributed by atoms with Crippen molar-refractivity contribution in [3.63, 3.8) is 0 Å². The number of rotatable bonds is 5. The lowest BCUT2D eigenvalue weighted by Crippen LogP contribution is -2.41. The van der Waals surface area contributed by atoms with Crippen molar-refractivity contribution in [3.8, 4) is 0 Å². The molecule has 1 aliphatic rings. The number of halogens is 2. The van der Waals surface area contributed by atoms with Crippen molar-refractivity contribution in [2.75, 3.05) is 18.0 Å². The van der Waals surface area contributed by atoms with Crippen molar-refractivity contribution in [1.82, 2.24) is 24.9 Å². The van der Waals surface area contributed by atoms with E-state index in [4.69, 9.17) is 0 Å². The van der Waals surface area contributed by atoms with Crippen molar-refractivity contribution in [3.05, 3.63) is 37.3 Å². The molecule has 0 fully saturated rings. The third kappa shape index (κ3) is 3.08. The number of amides is 1. The van der Waals surface area contributed by atoms with E-state index in [1.54, 1.807) is 10.9 Å². The van der Waals surface area contributed by atoms with Crippen molar-refractivity contribution in [1.29, 1.82) is 0 Å². The van der Waals surface area contributed by atoms with Crippen LogP contribution < -0.4 is 10.2 Å². The summed E-state index contributed by atoms with van der Waals surface area (Å²) in [7, 11) is 0. The lowest BCUT2D eigenvalue weighted by atomic mass is 10.1. The van der Waals surface area contributed by atoms with E-state index in [2.05, 4.69) is 22.1 Å². The first-order chi connectivity index (χ1) is 11.1. The van der Waals surface area contributed by atoms with Gasteiger partial charge in [-0.15, -0.1) is 0 Å². The molecule has 2 aromatic heterocycles. The zero-order valence-electron chi connectivity index (χ0n) is 12.3. The maximum Gasteiger partial charge on any atom is 0.333 e. The average Bonchev–Trinajstić information content (AvgIpc) is 3.20. The average molecular weight is 322 g/mol. The van der Waals surface area contributed by atoms with Crippen molar-refractivity contribution in [2.24, 2.45) is 5.92 Å². The van der Waals surface area contributed by atoms with Crippen molar-refractivity contribution >= 4 is 17.4 Å². The summed E-state index contributed by atoms with van der Waals surface area (Å²) in [6, 6.07) is 1.82. The Morgan fingerprint density at radius 2 is 2.30 bits per heavy atom. The Morgan fingerprint density at radius 1 is 1.48 bits per heavy atom. The number of aromatic nitrogens is 4. The van der Waals surface area contributed by atoms with Gasteiger partial charge in [-0.1, -0.05) is 6.58 Å². The van der Waals surface area contributed by atoms with Crippen LogP contribution in [0, 0.1) is 5.92 Å². The summed E-state index contributed by atoms with van der Waals surface area (Å²) >= 11 is 0. The number of nitrogens with zero attached hydrogens (tertiary/aromatic N) is 5. The number of hydrogen-bond acceptors (Lipinski definition) is 4. The van der Waals surface area contributed by atoms with Crippen LogP contribution in [-0.2, 0) is 11.3 Å². The molecule has 0 saturated heterocycles. The molecular weight excluding hydrogens is 306 g/mol. The monoisotopic (exact) mass is 322 g/mol. The predicted molar refractivity (Wildman–Crippen MR) is 79.4 cm³/mol. The lowest BCUT2D eigenvalue weighted by molar-refractivity contribution is -0.116. The molecule has 0 aliphatic carbocycles. The Bertz CT molecular complexity index is 710. The highest BCUT2D eigenvalue weighted by Gasteiger charge is 2.27. The van der Waals surface area contributed by atoms with Crippen LogP contribution in [0.2, 0.25) is 0 Å². The minimum atomic E-state index is -2.68. The van der Waals surface area contributed by atoms with Gasteiger partial charge in [-0.2, -0.15) is 19.0 Å². The molecule has 0 saturated carbocycles. The summed E-state index contributed by atoms with van der Waals surface area (Å²) in [5.74, 6) is 0.652. The maximum atomic E-state index is 12.7. The van der Waals surface area contributed by atoms with Crippen LogP contribution in [0.5, 0.6) is 0 Å². The molecule has 23 heavy (non-hydrogen) atoms. The molecule has 9 heteroatoms. The fourth-order valence-corrected chi connectivity index (χ4v) is 2.61. The van der Waals surface area contributed by atoms with E-state index < -0.39 is 6.55 Å². The van der Waals surface area contributed by atoms with Gasteiger partial charge in [0.15, 0.2) is 0 Å². The van der Waals surface area contributed by atoms with E-state index in [0.717, 1.165) is 5.82 Å². The molecule has 2 aromatic rings. The molecule has 7 nitrogen and oxygen atoms in total. The first-order valence-electron chi connectivity index (χ1n) is 7.10. The van der Waals surface area contributed by atoms with Gasteiger partial charge in [0.2, 0.25) is 5.91 Å². The largest absolute Gasteiger partial charge is 0.352 e. The molecule has 0 aromatic carbocycles. The third-order valence-corrected chi connectivity index (χ3v) is 3.69. The molecule has 1 N–H and O–H groups in total. The molecule has 1 atom stereocenters. The fourth-order valence-electron chi connectivity index (χ4n) is 2.61. The smallest absolute Gasteiger partial charge is 0.333 e. The normalized spacial score (nSPS) is 17.2. The van der Waals surface area contributed by atoms with E-state index >= 15 is 0 Å². The highest BCUT2D eigenvalue weighted by atomic mass is 19.3. The first kappa shape index (κ1) is 15.2. The zero-order chi connectivity index (χ0) is 16.4. The summed E-state index contributed by atoms with van der Waals surface area (Å²) in [6.07, 6.45) is 5.57. The van der Waals surface area contributed by atoms with Crippen LogP contribution in [0.3, 0.4) is 0 Å². The summed E-state index contributed by atoms with van der Waals surface area (Å²) in [6.45, 7) is 2.39. The molecule has 122 valence electrons. The van der Waals surface area contributed by atoms with Gasteiger partial charge in [0, 0.05) is 31.6 Å². The Kier molecular flexibility index (Phi) is 4.09. The summed E-state index contributed by atoms with van der Waals surface area (Å²) in [4.78, 5) is 13.2. The number of alkyl halides is 2. The summed E-state index contributed by atoms with van der Waals surface area (Å²) in [5.41, 5.74) is 0.562. The minimum absolute atomic E-state index is 0.0844. The number of nitrogens with one attached hydrogen (secondary N) is 1. The highest BCUT2D eigenvalue weighted by molar-refractivity contribution is 5.86. The van der Waals surface area contributed by atoms with Gasteiger partial charge in [-0.25, -0.2) is 9.36 Å². The van der Waals surface area contributed by atoms with E-state index in [1.165, 1.54) is 18.5 Å². The number of carbonyl (C=O) groups excluding carboxylic acids is 1. The SMILES string of the molecule is C=CC(=O)NCC1CN(c2cnn(C(F)F)c2)c2ccnn2C1. The highest BCUT2D eigenvalue weighted by Crippen LogP contribution is 2.31. The van der Waals surface area contributed by atoms with Crippen molar-refractivity contribution in [2.45, 2.75) is 13.1 Å².